The van der Waals surface area contributed by atoms with Crippen molar-refractivity contribution in [1.82, 2.24) is 0 Å². The van der Waals surface area contributed by atoms with Gasteiger partial charge in [-0.25, -0.2) is 0 Å². The largest absolute Gasteiger partial charge is 0.367 e. The van der Waals surface area contributed by atoms with Crippen molar-refractivity contribution in [2.75, 3.05) is 6.61 Å². The maximum absolute atomic E-state index is 12.2. The molecule has 0 N–H and O–H groups in total. The minimum absolute atomic E-state index is 0.0686. The molecule has 1 aromatic rings. The summed E-state index contributed by atoms with van der Waals surface area (Å²) in [6.45, 7) is 2.56. The highest BCUT2D eigenvalue weighted by molar-refractivity contribution is 7.18. The zero-order valence-corrected chi connectivity index (χ0v) is 10.2. The smallest absolute Gasteiger partial charge is 0.204 e. The lowest BCUT2D eigenvalue weighted by atomic mass is 9.91. The third-order valence-electron chi connectivity index (χ3n) is 2.75. The van der Waals surface area contributed by atoms with Gasteiger partial charge in [-0.05, 0) is 38.3 Å². The van der Waals surface area contributed by atoms with Crippen LogP contribution in [0, 0.1) is 0 Å². The van der Waals surface area contributed by atoms with Crippen molar-refractivity contribution in [1.29, 1.82) is 0 Å². The van der Waals surface area contributed by atoms with Crippen LogP contribution in [0.25, 0.3) is 0 Å². The Labute approximate surface area is 98.2 Å². The molecule has 1 unspecified atom stereocenters. The van der Waals surface area contributed by atoms with Crippen LogP contribution in [-0.4, -0.2) is 18.0 Å². The molecule has 4 heteroatoms. The fraction of sp³-hybridized carbons (Fsp3) is 0.545. The van der Waals surface area contributed by atoms with E-state index < -0.39 is 5.60 Å². The maximum Gasteiger partial charge on any atom is 0.204 e. The van der Waals surface area contributed by atoms with Crippen LogP contribution in [0.1, 0.15) is 35.9 Å². The molecule has 0 spiro atoms. The molecule has 15 heavy (non-hydrogen) atoms. The van der Waals surface area contributed by atoms with Crippen molar-refractivity contribution in [3.05, 3.63) is 21.3 Å². The van der Waals surface area contributed by atoms with Gasteiger partial charge in [-0.2, -0.15) is 0 Å². The molecule has 0 aromatic carbocycles. The van der Waals surface area contributed by atoms with E-state index >= 15 is 0 Å². The third kappa shape index (κ3) is 2.25. The van der Waals surface area contributed by atoms with Crippen molar-refractivity contribution >= 4 is 28.7 Å². The molecule has 1 aliphatic rings. The summed E-state index contributed by atoms with van der Waals surface area (Å²) in [5.41, 5.74) is -0.633. The van der Waals surface area contributed by atoms with Crippen LogP contribution in [0.4, 0.5) is 0 Å². The van der Waals surface area contributed by atoms with Crippen molar-refractivity contribution in [3.8, 4) is 0 Å². The maximum atomic E-state index is 12.2. The molecule has 1 fully saturated rings. The quantitative estimate of drug-likeness (QED) is 0.744. The van der Waals surface area contributed by atoms with Gasteiger partial charge in [0.05, 0.1) is 9.21 Å². The van der Waals surface area contributed by atoms with E-state index in [0.29, 0.717) is 15.8 Å². The van der Waals surface area contributed by atoms with Gasteiger partial charge in [0, 0.05) is 6.61 Å². The lowest BCUT2D eigenvalue weighted by molar-refractivity contribution is -0.0423. The number of Topliss-reactive ketones (excluding diaryl/α,β-unsaturated/α-hetero) is 1. The van der Waals surface area contributed by atoms with Crippen LogP contribution in [-0.2, 0) is 4.74 Å². The Hall–Kier alpha value is -0.380. The summed E-state index contributed by atoms with van der Waals surface area (Å²) in [7, 11) is 0. The summed E-state index contributed by atoms with van der Waals surface area (Å²) >= 11 is 7.14. The molecule has 1 atom stereocenters. The number of ketones is 1. The summed E-state index contributed by atoms with van der Waals surface area (Å²) in [6.07, 6.45) is 2.91. The first-order valence-corrected chi connectivity index (χ1v) is 6.25. The first-order valence-electron chi connectivity index (χ1n) is 5.06. The summed E-state index contributed by atoms with van der Waals surface area (Å²) in [6, 6.07) is 3.53. The monoisotopic (exact) mass is 244 g/mol. The molecular weight excluding hydrogens is 232 g/mol. The molecule has 2 heterocycles. The molecule has 0 saturated carbocycles. The predicted molar refractivity (Wildman–Crippen MR) is 61.9 cm³/mol. The Balaban J connectivity index is 2.19. The average Bonchev–Trinajstić information content (AvgIpc) is 2.65. The molecule has 2 rings (SSSR count). The second kappa shape index (κ2) is 4.24. The number of thiophene rings is 1. The van der Waals surface area contributed by atoms with E-state index in [2.05, 4.69) is 0 Å². The Morgan fingerprint density at radius 3 is 2.87 bits per heavy atom. The topological polar surface area (TPSA) is 26.3 Å². The van der Waals surface area contributed by atoms with Crippen LogP contribution >= 0.6 is 22.9 Å². The Kier molecular flexibility index (Phi) is 3.14. The van der Waals surface area contributed by atoms with E-state index in [0.717, 1.165) is 19.3 Å². The van der Waals surface area contributed by atoms with Crippen LogP contribution in [0.2, 0.25) is 4.34 Å². The van der Waals surface area contributed by atoms with Gasteiger partial charge in [-0.1, -0.05) is 11.6 Å². The Bertz CT molecular complexity index is 366. The number of rotatable bonds is 2. The summed E-state index contributed by atoms with van der Waals surface area (Å²) in [4.78, 5) is 12.9. The average molecular weight is 245 g/mol. The molecule has 82 valence electrons. The number of carbonyl (C=O) groups is 1. The molecule has 0 radical (unpaired) electrons. The number of halogens is 1. The van der Waals surface area contributed by atoms with Crippen LogP contribution in [0.5, 0.6) is 0 Å². The SMILES string of the molecule is CC1(C(=O)c2ccc(Cl)s2)CCCCO1. The van der Waals surface area contributed by atoms with Crippen molar-refractivity contribution in [2.45, 2.75) is 31.8 Å². The Morgan fingerprint density at radius 2 is 2.33 bits per heavy atom. The lowest BCUT2D eigenvalue weighted by Crippen LogP contribution is -2.40. The van der Waals surface area contributed by atoms with Gasteiger partial charge in [0.15, 0.2) is 0 Å². The molecular formula is C11H13ClO2S. The highest BCUT2D eigenvalue weighted by atomic mass is 35.5. The lowest BCUT2D eigenvalue weighted by Gasteiger charge is -2.31. The number of hydrogen-bond acceptors (Lipinski definition) is 3. The van der Waals surface area contributed by atoms with E-state index in [1.165, 1.54) is 11.3 Å². The summed E-state index contributed by atoms with van der Waals surface area (Å²) in [5, 5.41) is 0. The summed E-state index contributed by atoms with van der Waals surface area (Å²) in [5.74, 6) is 0.0686. The standard InChI is InChI=1S/C11H13ClO2S/c1-11(6-2-3-7-14-11)10(13)8-4-5-9(12)15-8/h4-5H,2-3,6-7H2,1H3. The van der Waals surface area contributed by atoms with E-state index in [4.69, 9.17) is 16.3 Å². The van der Waals surface area contributed by atoms with E-state index in [1.807, 2.05) is 6.92 Å². The van der Waals surface area contributed by atoms with E-state index in [-0.39, 0.29) is 5.78 Å². The first-order chi connectivity index (χ1) is 7.12. The van der Waals surface area contributed by atoms with Crippen LogP contribution in [0.15, 0.2) is 12.1 Å². The molecule has 0 amide bonds. The van der Waals surface area contributed by atoms with Gasteiger partial charge in [-0.15, -0.1) is 11.3 Å². The number of hydrogen-bond donors (Lipinski definition) is 0. The van der Waals surface area contributed by atoms with Crippen LogP contribution in [0.3, 0.4) is 0 Å². The number of carbonyl (C=O) groups excluding carboxylic acids is 1. The molecule has 2 nitrogen and oxygen atoms in total. The molecule has 0 bridgehead atoms. The van der Waals surface area contributed by atoms with E-state index in [1.54, 1.807) is 12.1 Å². The van der Waals surface area contributed by atoms with Gasteiger partial charge in [0.25, 0.3) is 0 Å². The second-order valence-electron chi connectivity index (χ2n) is 3.97. The highest BCUT2D eigenvalue weighted by Gasteiger charge is 2.37. The molecule has 0 aliphatic carbocycles. The minimum atomic E-state index is -0.633. The van der Waals surface area contributed by atoms with Gasteiger partial charge in [0.1, 0.15) is 5.60 Å². The normalized spacial score (nSPS) is 26.5. The van der Waals surface area contributed by atoms with Gasteiger partial charge >= 0.3 is 0 Å². The van der Waals surface area contributed by atoms with E-state index in [9.17, 15) is 4.79 Å². The van der Waals surface area contributed by atoms with Gasteiger partial charge in [-0.3, -0.25) is 4.79 Å². The fourth-order valence-electron chi connectivity index (χ4n) is 1.81. The molecule has 1 saturated heterocycles. The second-order valence-corrected chi connectivity index (χ2v) is 5.68. The fourth-order valence-corrected chi connectivity index (χ4v) is 2.91. The van der Waals surface area contributed by atoms with Crippen molar-refractivity contribution in [3.63, 3.8) is 0 Å². The molecule has 1 aliphatic heterocycles. The van der Waals surface area contributed by atoms with Crippen molar-refractivity contribution in [2.24, 2.45) is 0 Å². The van der Waals surface area contributed by atoms with Gasteiger partial charge in [0.2, 0.25) is 5.78 Å². The van der Waals surface area contributed by atoms with Gasteiger partial charge < -0.3 is 4.74 Å². The minimum Gasteiger partial charge on any atom is -0.367 e. The molecule has 1 aromatic heterocycles. The zero-order chi connectivity index (χ0) is 10.9. The third-order valence-corrected chi connectivity index (χ3v) is 3.98. The van der Waals surface area contributed by atoms with Crippen molar-refractivity contribution < 1.29 is 9.53 Å². The zero-order valence-electron chi connectivity index (χ0n) is 8.59. The number of ether oxygens (including phenoxy) is 1. The summed E-state index contributed by atoms with van der Waals surface area (Å²) < 4.78 is 6.26. The van der Waals surface area contributed by atoms with Crippen LogP contribution < -0.4 is 0 Å². The first kappa shape index (κ1) is 11.1. The highest BCUT2D eigenvalue weighted by Crippen LogP contribution is 2.31. The predicted octanol–water partition coefficient (Wildman–Crippen LogP) is 3.54. The Morgan fingerprint density at radius 1 is 1.53 bits per heavy atom.